The van der Waals surface area contributed by atoms with Crippen LogP contribution in [0, 0.1) is 0 Å². The lowest BCUT2D eigenvalue weighted by molar-refractivity contribution is -0.148. The molecule has 1 aromatic heterocycles. The van der Waals surface area contributed by atoms with Crippen molar-refractivity contribution in [1.82, 2.24) is 9.55 Å². The number of aromatic nitrogens is 2. The Morgan fingerprint density at radius 3 is 2.45 bits per heavy atom. The third-order valence-electron chi connectivity index (χ3n) is 3.70. The first-order chi connectivity index (χ1) is 13.9. The predicted molar refractivity (Wildman–Crippen MR) is 103 cm³/mol. The minimum atomic E-state index is -0.820. The van der Waals surface area contributed by atoms with Crippen molar-refractivity contribution < 1.29 is 23.9 Å². The highest BCUT2D eigenvalue weighted by Crippen LogP contribution is 2.11. The van der Waals surface area contributed by atoms with Crippen LogP contribution in [-0.4, -0.2) is 40.6 Å². The highest BCUT2D eigenvalue weighted by molar-refractivity contribution is 5.94. The molecule has 154 valence electrons. The van der Waals surface area contributed by atoms with Crippen LogP contribution in [0.1, 0.15) is 30.1 Å². The van der Waals surface area contributed by atoms with Crippen LogP contribution in [0.2, 0.25) is 0 Å². The number of nitrogens with one attached hydrogen (secondary N) is 2. The summed E-state index contributed by atoms with van der Waals surface area (Å²) >= 11 is 0. The van der Waals surface area contributed by atoms with E-state index in [1.54, 1.807) is 0 Å². The van der Waals surface area contributed by atoms with Gasteiger partial charge in [0.05, 0.1) is 12.2 Å². The highest BCUT2D eigenvalue weighted by Gasteiger charge is 2.11. The molecule has 0 bridgehead atoms. The molecule has 29 heavy (non-hydrogen) atoms. The number of aromatic amines is 1. The number of hydrogen-bond acceptors (Lipinski definition) is 7. The fourth-order valence-corrected chi connectivity index (χ4v) is 2.18. The van der Waals surface area contributed by atoms with Crippen molar-refractivity contribution in [3.05, 3.63) is 62.9 Å². The summed E-state index contributed by atoms with van der Waals surface area (Å²) in [5.41, 5.74) is -0.573. The van der Waals surface area contributed by atoms with Crippen molar-refractivity contribution in [2.75, 3.05) is 18.5 Å². The van der Waals surface area contributed by atoms with E-state index in [0.29, 0.717) is 17.9 Å². The molecule has 10 heteroatoms. The number of unbranched alkanes of at least 4 members (excludes halogenated alkanes) is 1. The van der Waals surface area contributed by atoms with E-state index in [1.165, 1.54) is 24.3 Å². The Balaban J connectivity index is 1.79. The maximum Gasteiger partial charge on any atom is 0.338 e. The van der Waals surface area contributed by atoms with E-state index in [2.05, 4.69) is 5.32 Å². The lowest BCUT2D eigenvalue weighted by atomic mass is 10.2. The summed E-state index contributed by atoms with van der Waals surface area (Å²) in [5.74, 6) is -1.85. The van der Waals surface area contributed by atoms with Gasteiger partial charge in [-0.15, -0.1) is 0 Å². The second kappa shape index (κ2) is 10.6. The van der Waals surface area contributed by atoms with Gasteiger partial charge < -0.3 is 14.8 Å². The third-order valence-corrected chi connectivity index (χ3v) is 3.70. The van der Waals surface area contributed by atoms with E-state index in [1.807, 2.05) is 11.9 Å². The normalized spacial score (nSPS) is 10.2. The van der Waals surface area contributed by atoms with Gasteiger partial charge in [0.15, 0.2) is 6.61 Å². The monoisotopic (exact) mass is 403 g/mol. The zero-order valence-electron chi connectivity index (χ0n) is 15.8. The van der Waals surface area contributed by atoms with Gasteiger partial charge in [0.1, 0.15) is 6.54 Å². The number of anilines is 1. The van der Waals surface area contributed by atoms with Gasteiger partial charge in [-0.05, 0) is 30.7 Å². The van der Waals surface area contributed by atoms with E-state index in [-0.39, 0.29) is 0 Å². The number of benzene rings is 1. The summed E-state index contributed by atoms with van der Waals surface area (Å²) in [6, 6.07) is 7.16. The van der Waals surface area contributed by atoms with Gasteiger partial charge in [-0.1, -0.05) is 13.3 Å². The Hall–Kier alpha value is -3.69. The van der Waals surface area contributed by atoms with Crippen molar-refractivity contribution >= 4 is 23.5 Å². The van der Waals surface area contributed by atoms with E-state index in [9.17, 15) is 24.0 Å². The number of hydrogen-bond donors (Lipinski definition) is 2. The molecule has 0 atom stereocenters. The largest absolute Gasteiger partial charge is 0.462 e. The number of rotatable bonds is 9. The van der Waals surface area contributed by atoms with Crippen LogP contribution < -0.4 is 16.6 Å². The Labute approximate surface area is 165 Å². The number of amides is 1. The molecule has 0 saturated carbocycles. The first-order valence-electron chi connectivity index (χ1n) is 8.91. The topological polar surface area (TPSA) is 137 Å². The van der Waals surface area contributed by atoms with Crippen LogP contribution in [0.15, 0.2) is 46.1 Å². The molecule has 0 aliphatic carbocycles. The molecule has 2 N–H and O–H groups in total. The molecule has 0 saturated heterocycles. The summed E-state index contributed by atoms with van der Waals surface area (Å²) in [4.78, 5) is 59.9. The number of nitrogens with zero attached hydrogens (tertiary/aromatic N) is 1. The molecule has 0 aliphatic rings. The predicted octanol–water partition coefficient (Wildman–Crippen LogP) is 0.675. The van der Waals surface area contributed by atoms with Gasteiger partial charge >= 0.3 is 17.6 Å². The van der Waals surface area contributed by atoms with Crippen LogP contribution in [0.4, 0.5) is 5.69 Å². The molecule has 0 aliphatic heterocycles. The second-order valence-electron chi connectivity index (χ2n) is 6.01. The van der Waals surface area contributed by atoms with Gasteiger partial charge in [0.2, 0.25) is 0 Å². The molecular formula is C19H21N3O7. The molecule has 2 rings (SSSR count). The molecule has 1 amide bonds. The second-order valence-corrected chi connectivity index (χ2v) is 6.01. The van der Waals surface area contributed by atoms with E-state index < -0.39 is 42.2 Å². The zero-order chi connectivity index (χ0) is 21.2. The molecule has 0 unspecified atom stereocenters. The van der Waals surface area contributed by atoms with Gasteiger partial charge in [0, 0.05) is 18.0 Å². The molecule has 10 nitrogen and oxygen atoms in total. The Bertz CT molecular complexity index is 976. The number of esters is 2. The SMILES string of the molecule is CCCCOC(=O)c1ccc(NC(=O)COC(=O)Cn2ccc(=O)[nH]c2=O)cc1. The minimum absolute atomic E-state index is 0.352. The molecule has 1 heterocycles. The summed E-state index contributed by atoms with van der Waals surface area (Å²) in [5, 5.41) is 2.51. The average Bonchev–Trinajstić information content (AvgIpc) is 2.69. The molecule has 0 fully saturated rings. The van der Waals surface area contributed by atoms with Crippen LogP contribution in [0.25, 0.3) is 0 Å². The fraction of sp³-hybridized carbons (Fsp3) is 0.316. The van der Waals surface area contributed by atoms with Crippen molar-refractivity contribution in [3.63, 3.8) is 0 Å². The van der Waals surface area contributed by atoms with Crippen molar-refractivity contribution in [1.29, 1.82) is 0 Å². The molecule has 2 aromatic rings. The minimum Gasteiger partial charge on any atom is -0.462 e. The Morgan fingerprint density at radius 2 is 1.79 bits per heavy atom. The number of ether oxygens (including phenoxy) is 2. The van der Waals surface area contributed by atoms with Crippen LogP contribution in [-0.2, 0) is 25.6 Å². The standard InChI is InChI=1S/C19H21N3O7/c1-2-3-10-28-18(26)13-4-6-14(7-5-13)20-16(24)12-29-17(25)11-22-9-8-15(23)21-19(22)27/h4-9H,2-3,10-12H2,1H3,(H,20,24)(H,21,23,27). The number of carbonyl (C=O) groups is 3. The zero-order valence-corrected chi connectivity index (χ0v) is 15.8. The fourth-order valence-electron chi connectivity index (χ4n) is 2.18. The summed E-state index contributed by atoms with van der Waals surface area (Å²) in [6.07, 6.45) is 2.86. The van der Waals surface area contributed by atoms with Crippen molar-refractivity contribution in [2.24, 2.45) is 0 Å². The number of H-pyrrole nitrogens is 1. The maximum absolute atomic E-state index is 11.9. The van der Waals surface area contributed by atoms with Gasteiger partial charge in [-0.3, -0.25) is 23.9 Å². The van der Waals surface area contributed by atoms with Gasteiger partial charge in [-0.25, -0.2) is 9.59 Å². The lowest BCUT2D eigenvalue weighted by Gasteiger charge is -2.08. The van der Waals surface area contributed by atoms with Crippen molar-refractivity contribution in [3.8, 4) is 0 Å². The molecule has 0 radical (unpaired) electrons. The molecular weight excluding hydrogens is 382 g/mol. The van der Waals surface area contributed by atoms with Crippen molar-refractivity contribution in [2.45, 2.75) is 26.3 Å². The first-order valence-corrected chi connectivity index (χ1v) is 8.91. The van der Waals surface area contributed by atoms with Gasteiger partial charge in [0.25, 0.3) is 11.5 Å². The molecule has 1 aromatic carbocycles. The Morgan fingerprint density at radius 1 is 1.07 bits per heavy atom. The summed E-state index contributed by atoms with van der Waals surface area (Å²) < 4.78 is 10.8. The smallest absolute Gasteiger partial charge is 0.338 e. The van der Waals surface area contributed by atoms with E-state index in [0.717, 1.165) is 29.7 Å². The summed E-state index contributed by atoms with van der Waals surface area (Å²) in [7, 11) is 0. The third kappa shape index (κ3) is 7.09. The van der Waals surface area contributed by atoms with Gasteiger partial charge in [-0.2, -0.15) is 0 Å². The lowest BCUT2D eigenvalue weighted by Crippen LogP contribution is -2.32. The van der Waals surface area contributed by atoms with E-state index in [4.69, 9.17) is 9.47 Å². The first kappa shape index (κ1) is 21.6. The molecule has 0 spiro atoms. The quantitative estimate of drug-likeness (QED) is 0.464. The average molecular weight is 403 g/mol. The summed E-state index contributed by atoms with van der Waals surface area (Å²) in [6.45, 7) is 1.34. The Kier molecular flexibility index (Phi) is 7.89. The highest BCUT2D eigenvalue weighted by atomic mass is 16.5. The van der Waals surface area contributed by atoms with Crippen LogP contribution in [0.5, 0.6) is 0 Å². The number of carbonyl (C=O) groups excluding carboxylic acids is 3. The van der Waals surface area contributed by atoms with E-state index >= 15 is 0 Å². The van der Waals surface area contributed by atoms with Crippen LogP contribution >= 0.6 is 0 Å². The maximum atomic E-state index is 11.9. The van der Waals surface area contributed by atoms with Crippen LogP contribution in [0.3, 0.4) is 0 Å².